The molecule has 1 aliphatic rings. The van der Waals surface area contributed by atoms with Gasteiger partial charge in [0.15, 0.2) is 0 Å². The number of aliphatic hydroxyl groups is 1. The number of nitrogens with zero attached hydrogens (tertiary/aromatic N) is 3. The second kappa shape index (κ2) is 5.41. The molecule has 0 spiro atoms. The van der Waals surface area contributed by atoms with Gasteiger partial charge in [0.25, 0.3) is 0 Å². The minimum Gasteiger partial charge on any atom is -0.393 e. The summed E-state index contributed by atoms with van der Waals surface area (Å²) in [6.07, 6.45) is 3.65. The fraction of sp³-hybridized carbons (Fsp3) is 0.786. The van der Waals surface area contributed by atoms with Crippen molar-refractivity contribution >= 4 is 0 Å². The molecule has 1 aromatic rings. The van der Waals surface area contributed by atoms with Crippen LogP contribution in [0.5, 0.6) is 0 Å². The summed E-state index contributed by atoms with van der Waals surface area (Å²) in [5, 5.41) is 14.4. The predicted octanol–water partition coefficient (Wildman–Crippen LogP) is 1.89. The summed E-state index contributed by atoms with van der Waals surface area (Å²) < 4.78 is 1.97. The quantitative estimate of drug-likeness (QED) is 0.892. The topological polar surface area (TPSA) is 41.3 Å². The molecule has 1 aliphatic heterocycles. The molecule has 18 heavy (non-hydrogen) atoms. The van der Waals surface area contributed by atoms with Crippen LogP contribution in [0.1, 0.15) is 39.3 Å². The monoisotopic (exact) mass is 251 g/mol. The van der Waals surface area contributed by atoms with Crippen LogP contribution in [0.3, 0.4) is 0 Å². The first-order chi connectivity index (χ1) is 8.48. The fourth-order valence-corrected chi connectivity index (χ4v) is 2.85. The van der Waals surface area contributed by atoms with E-state index in [1.165, 1.54) is 0 Å². The number of aliphatic hydroxyl groups excluding tert-OH is 1. The number of likely N-dealkylation sites (tertiary alicyclic amines) is 1. The lowest BCUT2D eigenvalue weighted by Gasteiger charge is -2.29. The van der Waals surface area contributed by atoms with E-state index in [-0.39, 0.29) is 11.5 Å². The molecule has 1 fully saturated rings. The molecule has 1 saturated heterocycles. The Kier molecular flexibility index (Phi) is 4.07. The van der Waals surface area contributed by atoms with Gasteiger partial charge in [-0.25, -0.2) is 0 Å². The zero-order valence-corrected chi connectivity index (χ0v) is 11.8. The van der Waals surface area contributed by atoms with E-state index < -0.39 is 0 Å². The lowest BCUT2D eigenvalue weighted by molar-refractivity contribution is 0.121. The molecule has 1 atom stereocenters. The number of aryl methyl sites for hydroxylation is 1. The third-order valence-electron chi connectivity index (χ3n) is 3.62. The molecule has 4 nitrogen and oxygen atoms in total. The highest BCUT2D eigenvalue weighted by Gasteiger charge is 2.29. The average molecular weight is 251 g/mol. The lowest BCUT2D eigenvalue weighted by atomic mass is 9.87. The number of hydrogen-bond donors (Lipinski definition) is 1. The Labute approximate surface area is 110 Å². The molecule has 2 heterocycles. The van der Waals surface area contributed by atoms with E-state index in [0.717, 1.165) is 44.7 Å². The van der Waals surface area contributed by atoms with Gasteiger partial charge in [0.05, 0.1) is 11.8 Å². The van der Waals surface area contributed by atoms with Crippen molar-refractivity contribution in [2.75, 3.05) is 13.1 Å². The van der Waals surface area contributed by atoms with Gasteiger partial charge in [0, 0.05) is 32.4 Å². The number of hydrogen-bond acceptors (Lipinski definition) is 3. The molecular weight excluding hydrogens is 226 g/mol. The van der Waals surface area contributed by atoms with Crippen LogP contribution < -0.4 is 0 Å². The maximum Gasteiger partial charge on any atom is 0.0764 e. The Balaban J connectivity index is 1.99. The van der Waals surface area contributed by atoms with Crippen molar-refractivity contribution in [3.05, 3.63) is 18.0 Å². The Morgan fingerprint density at radius 1 is 1.50 bits per heavy atom. The van der Waals surface area contributed by atoms with Gasteiger partial charge in [-0.1, -0.05) is 13.8 Å². The Morgan fingerprint density at radius 3 is 2.94 bits per heavy atom. The maximum atomic E-state index is 9.90. The van der Waals surface area contributed by atoms with Crippen LogP contribution in [0.25, 0.3) is 0 Å². The molecule has 0 saturated carbocycles. The van der Waals surface area contributed by atoms with Gasteiger partial charge in [-0.3, -0.25) is 9.58 Å². The minimum atomic E-state index is -0.154. The molecule has 2 rings (SSSR count). The summed E-state index contributed by atoms with van der Waals surface area (Å²) in [5.41, 5.74) is 1.31. The average Bonchev–Trinajstić information content (AvgIpc) is 2.67. The first kappa shape index (κ1) is 13.6. The highest BCUT2D eigenvalue weighted by Crippen LogP contribution is 2.28. The van der Waals surface area contributed by atoms with E-state index in [0.29, 0.717) is 0 Å². The van der Waals surface area contributed by atoms with E-state index in [9.17, 15) is 5.11 Å². The van der Waals surface area contributed by atoms with Gasteiger partial charge in [-0.2, -0.15) is 5.10 Å². The second-order valence-corrected chi connectivity index (χ2v) is 6.18. The van der Waals surface area contributed by atoms with Crippen molar-refractivity contribution in [2.45, 2.75) is 52.8 Å². The summed E-state index contributed by atoms with van der Waals surface area (Å²) in [5.74, 6) is 0. The highest BCUT2D eigenvalue weighted by molar-refractivity contribution is 4.99. The Morgan fingerprint density at radius 2 is 2.28 bits per heavy atom. The second-order valence-electron chi connectivity index (χ2n) is 6.18. The third kappa shape index (κ3) is 3.56. The Bertz CT molecular complexity index is 386. The zero-order chi connectivity index (χ0) is 13.2. The standard InChI is InChI=1S/C14H25N3O/c1-4-17-8-5-12(15-17)10-16-7-6-13(18)9-14(2,3)11-16/h5,8,13,18H,4,6-7,9-11H2,1-3H3. The van der Waals surface area contributed by atoms with Gasteiger partial charge < -0.3 is 5.11 Å². The van der Waals surface area contributed by atoms with Gasteiger partial charge in [-0.15, -0.1) is 0 Å². The van der Waals surface area contributed by atoms with Crippen LogP contribution in [0.15, 0.2) is 12.3 Å². The summed E-state index contributed by atoms with van der Waals surface area (Å²) in [6, 6.07) is 2.10. The van der Waals surface area contributed by atoms with E-state index in [1.54, 1.807) is 0 Å². The molecule has 0 aromatic carbocycles. The van der Waals surface area contributed by atoms with Gasteiger partial charge in [0.1, 0.15) is 0 Å². The summed E-state index contributed by atoms with van der Waals surface area (Å²) in [6.45, 7) is 10.4. The molecule has 0 radical (unpaired) electrons. The first-order valence-corrected chi connectivity index (χ1v) is 6.91. The van der Waals surface area contributed by atoms with E-state index >= 15 is 0 Å². The normalized spacial score (nSPS) is 25.0. The molecule has 4 heteroatoms. The van der Waals surface area contributed by atoms with Crippen LogP contribution in [0, 0.1) is 5.41 Å². The van der Waals surface area contributed by atoms with Crippen molar-refractivity contribution in [3.63, 3.8) is 0 Å². The van der Waals surface area contributed by atoms with Gasteiger partial charge >= 0.3 is 0 Å². The van der Waals surface area contributed by atoms with Crippen molar-refractivity contribution in [2.24, 2.45) is 5.41 Å². The van der Waals surface area contributed by atoms with Crippen molar-refractivity contribution in [1.29, 1.82) is 0 Å². The highest BCUT2D eigenvalue weighted by atomic mass is 16.3. The van der Waals surface area contributed by atoms with E-state index in [2.05, 4.69) is 36.8 Å². The Hall–Kier alpha value is -0.870. The molecule has 1 aromatic heterocycles. The predicted molar refractivity (Wildman–Crippen MR) is 72.2 cm³/mol. The first-order valence-electron chi connectivity index (χ1n) is 6.91. The van der Waals surface area contributed by atoms with Gasteiger partial charge in [-0.05, 0) is 31.2 Å². The van der Waals surface area contributed by atoms with Crippen LogP contribution in [0.2, 0.25) is 0 Å². The zero-order valence-electron chi connectivity index (χ0n) is 11.8. The summed E-state index contributed by atoms with van der Waals surface area (Å²) in [4.78, 5) is 2.42. The molecule has 0 aliphatic carbocycles. The molecule has 1 unspecified atom stereocenters. The van der Waals surface area contributed by atoms with Crippen molar-refractivity contribution in [1.82, 2.24) is 14.7 Å². The molecule has 0 bridgehead atoms. The number of aromatic nitrogens is 2. The largest absolute Gasteiger partial charge is 0.393 e. The molecule has 1 N–H and O–H groups in total. The van der Waals surface area contributed by atoms with E-state index in [1.807, 2.05) is 10.9 Å². The summed E-state index contributed by atoms with van der Waals surface area (Å²) in [7, 11) is 0. The van der Waals surface area contributed by atoms with Crippen LogP contribution in [-0.2, 0) is 13.1 Å². The minimum absolute atomic E-state index is 0.154. The van der Waals surface area contributed by atoms with Crippen molar-refractivity contribution in [3.8, 4) is 0 Å². The SMILES string of the molecule is CCn1ccc(CN2CCC(O)CC(C)(C)C2)n1. The maximum absolute atomic E-state index is 9.90. The molecular formula is C14H25N3O. The van der Waals surface area contributed by atoms with Crippen LogP contribution in [-0.4, -0.2) is 39.0 Å². The van der Waals surface area contributed by atoms with Gasteiger partial charge in [0.2, 0.25) is 0 Å². The van der Waals surface area contributed by atoms with Crippen molar-refractivity contribution < 1.29 is 5.11 Å². The van der Waals surface area contributed by atoms with Crippen LogP contribution in [0.4, 0.5) is 0 Å². The summed E-state index contributed by atoms with van der Waals surface area (Å²) >= 11 is 0. The molecule has 0 amide bonds. The smallest absolute Gasteiger partial charge is 0.0764 e. The number of rotatable bonds is 3. The molecule has 102 valence electrons. The van der Waals surface area contributed by atoms with E-state index in [4.69, 9.17) is 0 Å². The lowest BCUT2D eigenvalue weighted by Crippen LogP contribution is -2.32. The third-order valence-corrected chi connectivity index (χ3v) is 3.62. The fourth-order valence-electron chi connectivity index (χ4n) is 2.85. The van der Waals surface area contributed by atoms with Crippen LogP contribution >= 0.6 is 0 Å².